The highest BCUT2D eigenvalue weighted by Gasteiger charge is 2.34. The van der Waals surface area contributed by atoms with Gasteiger partial charge in [0.1, 0.15) is 15.8 Å². The monoisotopic (exact) mass is 480 g/mol. The van der Waals surface area contributed by atoms with E-state index in [1.54, 1.807) is 18.3 Å². The number of pyridine rings is 1. The number of anilines is 1. The number of carbonyl (C=O) groups is 1. The number of thiocarbonyl (C=S) groups is 1. The molecule has 2 aromatic heterocycles. The third-order valence-corrected chi connectivity index (χ3v) is 6.68. The van der Waals surface area contributed by atoms with E-state index in [-0.39, 0.29) is 29.6 Å². The topological polar surface area (TPSA) is 86.9 Å². The molecular formula is C24H24N4O3S2. The number of aromatic nitrogens is 2. The van der Waals surface area contributed by atoms with E-state index in [0.29, 0.717) is 20.7 Å². The fourth-order valence-electron chi connectivity index (χ4n) is 3.62. The first-order valence-electron chi connectivity index (χ1n) is 10.5. The maximum atomic E-state index is 13.4. The molecule has 0 spiro atoms. The summed E-state index contributed by atoms with van der Waals surface area (Å²) < 4.78 is 1.92. The Kier molecular flexibility index (Phi) is 6.64. The van der Waals surface area contributed by atoms with Gasteiger partial charge < -0.3 is 10.4 Å². The largest absolute Gasteiger partial charge is 0.387 e. The molecule has 1 aliphatic heterocycles. The van der Waals surface area contributed by atoms with Crippen molar-refractivity contribution in [3.63, 3.8) is 0 Å². The Morgan fingerprint density at radius 3 is 2.58 bits per heavy atom. The number of rotatable bonds is 6. The summed E-state index contributed by atoms with van der Waals surface area (Å²) in [4.78, 5) is 32.9. The molecule has 9 heteroatoms. The van der Waals surface area contributed by atoms with Gasteiger partial charge in [0.25, 0.3) is 11.5 Å². The summed E-state index contributed by atoms with van der Waals surface area (Å²) in [5, 5.41) is 13.7. The van der Waals surface area contributed by atoms with Crippen LogP contribution < -0.4 is 10.9 Å². The second kappa shape index (κ2) is 9.46. The van der Waals surface area contributed by atoms with Gasteiger partial charge in [-0.15, -0.1) is 0 Å². The standard InChI is InChI=1S/C24H24N4O3S2/c1-14(2)28-23(31)19(33-24(28)32)12-17-20(25-13-18(29)16-9-5-4-6-10-16)26-21-15(3)8-7-11-27(21)22(17)30/h4-12,14,18,25,29H,13H2,1-3H3/b19-12+. The van der Waals surface area contributed by atoms with Crippen LogP contribution in [0.5, 0.6) is 0 Å². The third kappa shape index (κ3) is 4.57. The van der Waals surface area contributed by atoms with E-state index in [9.17, 15) is 14.7 Å². The second-order valence-electron chi connectivity index (χ2n) is 8.02. The van der Waals surface area contributed by atoms with E-state index < -0.39 is 6.10 Å². The molecule has 1 fully saturated rings. The van der Waals surface area contributed by atoms with Crippen LogP contribution in [0, 0.1) is 6.92 Å². The average molecular weight is 481 g/mol. The molecule has 0 bridgehead atoms. The predicted octanol–water partition coefficient (Wildman–Crippen LogP) is 3.76. The minimum absolute atomic E-state index is 0.0829. The van der Waals surface area contributed by atoms with Crippen molar-refractivity contribution in [2.24, 2.45) is 0 Å². The van der Waals surface area contributed by atoms with Gasteiger partial charge in [-0.1, -0.05) is 60.4 Å². The Hall–Kier alpha value is -3.01. The van der Waals surface area contributed by atoms with Crippen LogP contribution in [0.3, 0.4) is 0 Å². The highest BCUT2D eigenvalue weighted by Crippen LogP contribution is 2.34. The van der Waals surface area contributed by atoms with E-state index in [2.05, 4.69) is 10.3 Å². The minimum atomic E-state index is -0.796. The van der Waals surface area contributed by atoms with Crippen LogP contribution in [-0.2, 0) is 4.79 Å². The van der Waals surface area contributed by atoms with Crippen LogP contribution in [0.25, 0.3) is 11.7 Å². The lowest BCUT2D eigenvalue weighted by Gasteiger charge is -2.18. The molecule has 1 aromatic carbocycles. The van der Waals surface area contributed by atoms with Crippen molar-refractivity contribution in [1.29, 1.82) is 0 Å². The van der Waals surface area contributed by atoms with Gasteiger partial charge in [0.15, 0.2) is 0 Å². The number of aryl methyl sites for hydroxylation is 1. The van der Waals surface area contributed by atoms with Crippen LogP contribution in [0.1, 0.15) is 36.6 Å². The van der Waals surface area contributed by atoms with Crippen molar-refractivity contribution in [1.82, 2.24) is 14.3 Å². The molecule has 170 valence electrons. The number of aliphatic hydroxyl groups excluding tert-OH is 1. The average Bonchev–Trinajstić information content (AvgIpc) is 3.08. The number of hydrogen-bond acceptors (Lipinski definition) is 7. The highest BCUT2D eigenvalue weighted by atomic mass is 32.2. The fraction of sp³-hybridized carbons (Fsp3) is 0.250. The quantitative estimate of drug-likeness (QED) is 0.410. The minimum Gasteiger partial charge on any atom is -0.387 e. The van der Waals surface area contributed by atoms with Gasteiger partial charge in [-0.25, -0.2) is 4.98 Å². The Morgan fingerprint density at radius 2 is 1.91 bits per heavy atom. The second-order valence-corrected chi connectivity index (χ2v) is 9.69. The van der Waals surface area contributed by atoms with Crippen LogP contribution in [0.4, 0.5) is 5.82 Å². The number of carbonyl (C=O) groups excluding carboxylic acids is 1. The Morgan fingerprint density at radius 1 is 1.18 bits per heavy atom. The van der Waals surface area contributed by atoms with E-state index in [4.69, 9.17) is 12.2 Å². The van der Waals surface area contributed by atoms with Gasteiger partial charge in [-0.3, -0.25) is 18.9 Å². The number of thioether (sulfide) groups is 1. The third-order valence-electron chi connectivity index (χ3n) is 5.35. The summed E-state index contributed by atoms with van der Waals surface area (Å²) in [5.74, 6) is 0.0723. The van der Waals surface area contributed by atoms with Crippen LogP contribution in [0.2, 0.25) is 0 Å². The first-order valence-corrected chi connectivity index (χ1v) is 11.8. The molecule has 1 aliphatic rings. The van der Waals surface area contributed by atoms with Crippen molar-refractivity contribution in [2.45, 2.75) is 32.9 Å². The SMILES string of the molecule is Cc1cccn2c(=O)c(/C=C3/SC(=S)N(C(C)C)C3=O)c(NCC(O)c3ccccc3)nc12. The number of nitrogens with one attached hydrogen (secondary N) is 1. The van der Waals surface area contributed by atoms with Gasteiger partial charge >= 0.3 is 0 Å². The van der Waals surface area contributed by atoms with Gasteiger partial charge in [0.05, 0.1) is 16.6 Å². The molecular weight excluding hydrogens is 456 g/mol. The number of benzene rings is 1. The zero-order valence-electron chi connectivity index (χ0n) is 18.5. The van der Waals surface area contributed by atoms with Crippen LogP contribution in [0.15, 0.2) is 58.4 Å². The zero-order valence-corrected chi connectivity index (χ0v) is 20.1. The molecule has 1 unspecified atom stereocenters. The molecule has 3 aromatic rings. The summed E-state index contributed by atoms with van der Waals surface area (Å²) in [5.41, 5.74) is 2.01. The predicted molar refractivity (Wildman–Crippen MR) is 136 cm³/mol. The molecule has 1 amide bonds. The maximum Gasteiger partial charge on any atom is 0.267 e. The van der Waals surface area contributed by atoms with Crippen LogP contribution in [-0.4, -0.2) is 42.2 Å². The molecule has 4 rings (SSSR count). The zero-order chi connectivity index (χ0) is 23.7. The Balaban J connectivity index is 1.78. The summed E-state index contributed by atoms with van der Waals surface area (Å²) in [6.45, 7) is 5.80. The lowest BCUT2D eigenvalue weighted by Crippen LogP contribution is -2.34. The van der Waals surface area contributed by atoms with E-state index in [1.165, 1.54) is 21.1 Å². The number of nitrogens with zero attached hydrogens (tertiary/aromatic N) is 3. The summed E-state index contributed by atoms with van der Waals surface area (Å²) >= 11 is 6.53. The molecule has 33 heavy (non-hydrogen) atoms. The number of aliphatic hydroxyl groups is 1. The lowest BCUT2D eigenvalue weighted by molar-refractivity contribution is -0.123. The van der Waals surface area contributed by atoms with Crippen LogP contribution >= 0.6 is 24.0 Å². The van der Waals surface area contributed by atoms with Crippen molar-refractivity contribution >= 4 is 51.7 Å². The van der Waals surface area contributed by atoms with Gasteiger partial charge in [-0.2, -0.15) is 0 Å². The number of hydrogen-bond donors (Lipinski definition) is 2. The van der Waals surface area contributed by atoms with E-state index in [1.807, 2.05) is 57.2 Å². The maximum absolute atomic E-state index is 13.4. The molecule has 7 nitrogen and oxygen atoms in total. The molecule has 0 saturated carbocycles. The van der Waals surface area contributed by atoms with E-state index in [0.717, 1.165) is 11.1 Å². The molecule has 0 radical (unpaired) electrons. The van der Waals surface area contributed by atoms with Crippen molar-refractivity contribution < 1.29 is 9.90 Å². The molecule has 0 aliphatic carbocycles. The van der Waals surface area contributed by atoms with Gasteiger partial charge in [0.2, 0.25) is 0 Å². The number of amides is 1. The summed E-state index contributed by atoms with van der Waals surface area (Å²) in [6.07, 6.45) is 2.40. The summed E-state index contributed by atoms with van der Waals surface area (Å²) in [6, 6.07) is 12.8. The lowest BCUT2D eigenvalue weighted by atomic mass is 10.1. The highest BCUT2D eigenvalue weighted by molar-refractivity contribution is 8.26. The molecule has 3 heterocycles. The fourth-order valence-corrected chi connectivity index (χ4v) is 5.12. The number of fused-ring (bicyclic) bond motifs is 1. The smallest absolute Gasteiger partial charge is 0.267 e. The van der Waals surface area contributed by atoms with Crippen molar-refractivity contribution in [3.05, 3.63) is 80.6 Å². The first kappa shape index (κ1) is 23.2. The Labute approximate surface area is 201 Å². The molecule has 1 saturated heterocycles. The normalized spacial score (nSPS) is 16.3. The van der Waals surface area contributed by atoms with E-state index >= 15 is 0 Å². The molecule has 1 atom stereocenters. The first-order chi connectivity index (χ1) is 15.8. The van der Waals surface area contributed by atoms with Gasteiger partial charge in [-0.05, 0) is 44.0 Å². The van der Waals surface area contributed by atoms with Gasteiger partial charge in [0, 0.05) is 18.8 Å². The molecule has 2 N–H and O–H groups in total. The summed E-state index contributed by atoms with van der Waals surface area (Å²) in [7, 11) is 0. The van der Waals surface area contributed by atoms with Crippen molar-refractivity contribution in [3.8, 4) is 0 Å². The Bertz CT molecular complexity index is 1320. The van der Waals surface area contributed by atoms with Crippen molar-refractivity contribution in [2.75, 3.05) is 11.9 Å².